The Labute approximate surface area is 193 Å². The number of carbonyl (C=O) groups is 2. The SMILES string of the molecule is COC(=O)c1c(C#N)cc(NC2CCCCC2NC(=O)OC(C)(C)C)nc1-c1cnn(C)c1. The molecule has 2 aromatic heterocycles. The highest BCUT2D eigenvalue weighted by Gasteiger charge is 2.30. The van der Waals surface area contributed by atoms with Gasteiger partial charge in [-0.25, -0.2) is 14.6 Å². The molecule has 10 nitrogen and oxygen atoms in total. The van der Waals surface area contributed by atoms with Crippen molar-refractivity contribution in [2.45, 2.75) is 64.1 Å². The van der Waals surface area contributed by atoms with Gasteiger partial charge in [-0.3, -0.25) is 4.68 Å². The Morgan fingerprint density at radius 1 is 1.24 bits per heavy atom. The molecule has 3 rings (SSSR count). The van der Waals surface area contributed by atoms with E-state index in [1.807, 2.05) is 20.8 Å². The number of aryl methyl sites for hydroxylation is 1. The first kappa shape index (κ1) is 24.0. The molecule has 1 saturated carbocycles. The number of hydrogen-bond donors (Lipinski definition) is 2. The quantitative estimate of drug-likeness (QED) is 0.657. The molecule has 2 N–H and O–H groups in total. The molecule has 0 spiro atoms. The molecule has 1 amide bonds. The molecule has 0 bridgehead atoms. The van der Waals surface area contributed by atoms with Gasteiger partial charge in [-0.15, -0.1) is 0 Å². The predicted octanol–water partition coefficient (Wildman–Crippen LogP) is 3.39. The fraction of sp³-hybridized carbons (Fsp3) is 0.522. The van der Waals surface area contributed by atoms with Crippen LogP contribution < -0.4 is 10.6 Å². The number of rotatable bonds is 5. The van der Waals surface area contributed by atoms with Gasteiger partial charge in [0.05, 0.1) is 30.6 Å². The number of nitriles is 1. The van der Waals surface area contributed by atoms with Crippen LogP contribution in [0.2, 0.25) is 0 Å². The van der Waals surface area contributed by atoms with Gasteiger partial charge in [0, 0.05) is 24.8 Å². The summed E-state index contributed by atoms with van der Waals surface area (Å²) in [5, 5.41) is 20.2. The first-order valence-corrected chi connectivity index (χ1v) is 10.9. The van der Waals surface area contributed by atoms with E-state index in [4.69, 9.17) is 9.47 Å². The molecule has 10 heteroatoms. The molecular formula is C23H30N6O4. The van der Waals surface area contributed by atoms with E-state index in [0.29, 0.717) is 17.1 Å². The number of amides is 1. The minimum atomic E-state index is -0.647. The number of hydrogen-bond acceptors (Lipinski definition) is 8. The molecule has 176 valence electrons. The van der Waals surface area contributed by atoms with Gasteiger partial charge in [0.2, 0.25) is 0 Å². The van der Waals surface area contributed by atoms with E-state index in [1.165, 1.54) is 13.2 Å². The van der Waals surface area contributed by atoms with Crippen molar-refractivity contribution in [3.8, 4) is 17.3 Å². The number of anilines is 1. The molecule has 2 aromatic rings. The Morgan fingerprint density at radius 2 is 1.94 bits per heavy atom. The second kappa shape index (κ2) is 9.90. The third kappa shape index (κ3) is 6.00. The Morgan fingerprint density at radius 3 is 2.52 bits per heavy atom. The lowest BCUT2D eigenvalue weighted by Gasteiger charge is -2.34. The molecule has 1 aliphatic carbocycles. The summed E-state index contributed by atoms with van der Waals surface area (Å²) in [6, 6.07) is 3.33. The van der Waals surface area contributed by atoms with Crippen molar-refractivity contribution < 1.29 is 19.1 Å². The van der Waals surface area contributed by atoms with E-state index < -0.39 is 17.7 Å². The van der Waals surface area contributed by atoms with Crippen LogP contribution in [0.25, 0.3) is 11.3 Å². The number of nitrogens with zero attached hydrogens (tertiary/aromatic N) is 4. The van der Waals surface area contributed by atoms with Crippen molar-refractivity contribution in [2.24, 2.45) is 7.05 Å². The van der Waals surface area contributed by atoms with Crippen LogP contribution in [0.4, 0.5) is 10.6 Å². The van der Waals surface area contributed by atoms with Crippen molar-refractivity contribution >= 4 is 17.9 Å². The normalized spacial score (nSPS) is 18.2. The number of ether oxygens (including phenoxy) is 2. The minimum Gasteiger partial charge on any atom is -0.465 e. The standard InChI is InChI=1S/C23H30N6O4/c1-23(2,3)33-22(31)27-17-9-7-6-8-16(17)26-18-10-14(11-24)19(21(30)32-5)20(28-18)15-12-25-29(4)13-15/h10,12-13,16-17H,6-9H2,1-5H3,(H,26,28)(H,27,31). The Bertz CT molecular complexity index is 1070. The van der Waals surface area contributed by atoms with Gasteiger partial charge in [-0.1, -0.05) is 12.8 Å². The van der Waals surface area contributed by atoms with E-state index in [2.05, 4.69) is 26.8 Å². The number of carbonyl (C=O) groups excluding carboxylic acids is 2. The molecule has 1 fully saturated rings. The van der Waals surface area contributed by atoms with Gasteiger partial charge >= 0.3 is 12.1 Å². The average Bonchev–Trinajstić information content (AvgIpc) is 3.18. The van der Waals surface area contributed by atoms with Crippen LogP contribution >= 0.6 is 0 Å². The smallest absolute Gasteiger partial charge is 0.407 e. The summed E-state index contributed by atoms with van der Waals surface area (Å²) in [5.74, 6) is -0.215. The fourth-order valence-electron chi connectivity index (χ4n) is 3.89. The molecule has 2 atom stereocenters. The third-order valence-corrected chi connectivity index (χ3v) is 5.31. The molecule has 0 aromatic carbocycles. The lowest BCUT2D eigenvalue weighted by Crippen LogP contribution is -2.49. The highest BCUT2D eigenvalue weighted by atomic mass is 16.6. The van der Waals surface area contributed by atoms with Crippen LogP contribution in [0.5, 0.6) is 0 Å². The zero-order chi connectivity index (χ0) is 24.2. The lowest BCUT2D eigenvalue weighted by molar-refractivity contribution is 0.0487. The Hall–Kier alpha value is -3.61. The van der Waals surface area contributed by atoms with E-state index in [1.54, 1.807) is 24.1 Å². The summed E-state index contributed by atoms with van der Waals surface area (Å²) in [4.78, 5) is 29.4. The number of esters is 1. The molecule has 2 heterocycles. The third-order valence-electron chi connectivity index (χ3n) is 5.31. The maximum absolute atomic E-state index is 12.5. The molecular weight excluding hydrogens is 424 g/mol. The predicted molar refractivity (Wildman–Crippen MR) is 122 cm³/mol. The second-order valence-electron chi connectivity index (χ2n) is 9.07. The van der Waals surface area contributed by atoms with Gasteiger partial charge in [-0.2, -0.15) is 10.4 Å². The number of methoxy groups -OCH3 is 1. The van der Waals surface area contributed by atoms with Gasteiger partial charge in [0.15, 0.2) is 0 Å². The summed E-state index contributed by atoms with van der Waals surface area (Å²) in [6.07, 6.45) is 6.40. The minimum absolute atomic E-state index is 0.0885. The van der Waals surface area contributed by atoms with E-state index in [9.17, 15) is 14.9 Å². The fourth-order valence-corrected chi connectivity index (χ4v) is 3.89. The van der Waals surface area contributed by atoms with Gasteiger partial charge in [0.1, 0.15) is 23.1 Å². The van der Waals surface area contributed by atoms with Crippen LogP contribution in [0.1, 0.15) is 62.4 Å². The van der Waals surface area contributed by atoms with Gasteiger partial charge in [-0.05, 0) is 39.7 Å². The van der Waals surface area contributed by atoms with Gasteiger partial charge in [0.25, 0.3) is 0 Å². The van der Waals surface area contributed by atoms with Crippen LogP contribution in [-0.2, 0) is 16.5 Å². The van der Waals surface area contributed by atoms with Crippen LogP contribution in [0.3, 0.4) is 0 Å². The van der Waals surface area contributed by atoms with Crippen molar-refractivity contribution in [2.75, 3.05) is 12.4 Å². The first-order valence-electron chi connectivity index (χ1n) is 10.9. The largest absolute Gasteiger partial charge is 0.465 e. The zero-order valence-corrected chi connectivity index (χ0v) is 19.6. The van der Waals surface area contributed by atoms with Crippen molar-refractivity contribution in [1.29, 1.82) is 5.26 Å². The van der Waals surface area contributed by atoms with Crippen LogP contribution in [-0.4, -0.2) is 51.6 Å². The molecule has 0 radical (unpaired) electrons. The number of nitrogens with one attached hydrogen (secondary N) is 2. The van der Waals surface area contributed by atoms with Crippen molar-refractivity contribution in [1.82, 2.24) is 20.1 Å². The Balaban J connectivity index is 1.92. The van der Waals surface area contributed by atoms with Gasteiger partial charge < -0.3 is 20.1 Å². The summed E-state index contributed by atoms with van der Waals surface area (Å²) in [6.45, 7) is 5.46. The first-order chi connectivity index (χ1) is 15.6. The molecule has 0 saturated heterocycles. The lowest BCUT2D eigenvalue weighted by atomic mass is 9.90. The average molecular weight is 455 g/mol. The monoisotopic (exact) mass is 454 g/mol. The topological polar surface area (TPSA) is 131 Å². The van der Waals surface area contributed by atoms with Crippen LogP contribution in [0.15, 0.2) is 18.5 Å². The van der Waals surface area contributed by atoms with Crippen molar-refractivity contribution in [3.05, 3.63) is 29.6 Å². The second-order valence-corrected chi connectivity index (χ2v) is 9.07. The van der Waals surface area contributed by atoms with E-state index in [-0.39, 0.29) is 23.2 Å². The highest BCUT2D eigenvalue weighted by molar-refractivity contribution is 5.99. The van der Waals surface area contributed by atoms with Crippen molar-refractivity contribution in [3.63, 3.8) is 0 Å². The number of pyridine rings is 1. The Kier molecular flexibility index (Phi) is 7.21. The summed E-state index contributed by atoms with van der Waals surface area (Å²) in [7, 11) is 3.02. The summed E-state index contributed by atoms with van der Waals surface area (Å²) >= 11 is 0. The van der Waals surface area contributed by atoms with E-state index in [0.717, 1.165) is 25.7 Å². The van der Waals surface area contributed by atoms with Crippen LogP contribution in [0, 0.1) is 11.3 Å². The zero-order valence-electron chi connectivity index (χ0n) is 19.6. The number of aromatic nitrogens is 3. The maximum atomic E-state index is 12.5. The van der Waals surface area contributed by atoms with E-state index >= 15 is 0 Å². The molecule has 33 heavy (non-hydrogen) atoms. The molecule has 2 unspecified atom stereocenters. The number of alkyl carbamates (subject to hydrolysis) is 1. The molecule has 0 aliphatic heterocycles. The maximum Gasteiger partial charge on any atom is 0.407 e. The highest BCUT2D eigenvalue weighted by Crippen LogP contribution is 2.29. The summed E-state index contributed by atoms with van der Waals surface area (Å²) in [5.41, 5.74) is 0.540. The molecule has 1 aliphatic rings. The summed E-state index contributed by atoms with van der Waals surface area (Å²) < 4.78 is 11.9.